The Morgan fingerprint density at radius 3 is 1.68 bits per heavy atom. The van der Waals surface area contributed by atoms with Gasteiger partial charge in [-0.25, -0.2) is 0 Å². The Hall–Kier alpha value is -1.81. The number of benzene rings is 2. The maximum atomic E-state index is 13.0. The van der Waals surface area contributed by atoms with Crippen LogP contribution < -0.4 is 5.73 Å². The van der Waals surface area contributed by atoms with Gasteiger partial charge in [-0.1, -0.05) is 48.5 Å². The molecule has 1 aliphatic rings. The number of rotatable bonds is 1. The SMILES string of the molecule is NC(C1c2ccccc2-c2ccccc21)C(F)(F)F. The van der Waals surface area contributed by atoms with Crippen LogP contribution in [0.3, 0.4) is 0 Å². The van der Waals surface area contributed by atoms with Crippen LogP contribution in [0.4, 0.5) is 13.2 Å². The molecule has 0 amide bonds. The molecule has 0 aliphatic heterocycles. The molecule has 19 heavy (non-hydrogen) atoms. The Bertz CT molecular complexity index is 573. The number of nitrogens with two attached hydrogens (primary N) is 1. The largest absolute Gasteiger partial charge is 0.404 e. The van der Waals surface area contributed by atoms with E-state index in [4.69, 9.17) is 5.73 Å². The van der Waals surface area contributed by atoms with Gasteiger partial charge in [0.25, 0.3) is 0 Å². The van der Waals surface area contributed by atoms with Gasteiger partial charge in [0.1, 0.15) is 6.04 Å². The quantitative estimate of drug-likeness (QED) is 0.834. The van der Waals surface area contributed by atoms with E-state index in [0.717, 1.165) is 11.1 Å². The van der Waals surface area contributed by atoms with Crippen LogP contribution in [0.25, 0.3) is 11.1 Å². The molecule has 2 aromatic rings. The summed E-state index contributed by atoms with van der Waals surface area (Å²) in [5.41, 5.74) is 8.48. The normalized spacial score (nSPS) is 16.0. The first-order chi connectivity index (χ1) is 9.00. The van der Waals surface area contributed by atoms with E-state index in [1.807, 2.05) is 24.3 Å². The lowest BCUT2D eigenvalue weighted by Crippen LogP contribution is -2.42. The molecule has 0 bridgehead atoms. The number of hydrogen-bond donors (Lipinski definition) is 1. The molecule has 0 saturated carbocycles. The molecular weight excluding hydrogens is 251 g/mol. The van der Waals surface area contributed by atoms with Crippen LogP contribution in [0.2, 0.25) is 0 Å². The van der Waals surface area contributed by atoms with Gasteiger partial charge in [0.05, 0.1) is 0 Å². The van der Waals surface area contributed by atoms with E-state index in [1.54, 1.807) is 24.3 Å². The molecule has 4 heteroatoms. The number of hydrogen-bond acceptors (Lipinski definition) is 1. The van der Waals surface area contributed by atoms with Crippen LogP contribution in [0.1, 0.15) is 17.0 Å². The lowest BCUT2D eigenvalue weighted by atomic mass is 9.89. The minimum atomic E-state index is -4.41. The molecule has 98 valence electrons. The Kier molecular flexibility index (Phi) is 2.64. The van der Waals surface area contributed by atoms with E-state index in [9.17, 15) is 13.2 Å². The average molecular weight is 263 g/mol. The molecule has 0 radical (unpaired) electrons. The van der Waals surface area contributed by atoms with Crippen molar-refractivity contribution in [1.82, 2.24) is 0 Å². The fourth-order valence-electron chi connectivity index (χ4n) is 2.77. The Morgan fingerprint density at radius 1 is 0.842 bits per heavy atom. The molecule has 1 atom stereocenters. The van der Waals surface area contributed by atoms with Gasteiger partial charge in [0.2, 0.25) is 0 Å². The first-order valence-electron chi connectivity index (χ1n) is 6.00. The van der Waals surface area contributed by atoms with Gasteiger partial charge in [-0.3, -0.25) is 0 Å². The summed E-state index contributed by atoms with van der Waals surface area (Å²) in [5.74, 6) is -0.813. The molecule has 2 N–H and O–H groups in total. The molecular formula is C15H12F3N. The second-order valence-electron chi connectivity index (χ2n) is 4.72. The molecule has 1 aliphatic carbocycles. The first-order valence-corrected chi connectivity index (χ1v) is 6.00. The summed E-state index contributed by atoms with van der Waals surface area (Å²) in [7, 11) is 0. The van der Waals surface area contributed by atoms with Crippen LogP contribution in [0, 0.1) is 0 Å². The van der Waals surface area contributed by atoms with E-state index < -0.39 is 18.1 Å². The van der Waals surface area contributed by atoms with Crippen LogP contribution in [-0.4, -0.2) is 12.2 Å². The molecule has 0 spiro atoms. The fourth-order valence-corrected chi connectivity index (χ4v) is 2.77. The second kappa shape index (κ2) is 4.10. The van der Waals surface area contributed by atoms with Crippen LogP contribution in [-0.2, 0) is 0 Å². The minimum Gasteiger partial charge on any atom is -0.319 e. The van der Waals surface area contributed by atoms with Gasteiger partial charge in [0, 0.05) is 5.92 Å². The van der Waals surface area contributed by atoms with E-state index >= 15 is 0 Å². The molecule has 1 nitrogen and oxygen atoms in total. The van der Waals surface area contributed by atoms with Gasteiger partial charge in [-0.15, -0.1) is 0 Å². The first kappa shape index (κ1) is 12.2. The van der Waals surface area contributed by atoms with Crippen molar-refractivity contribution in [2.24, 2.45) is 5.73 Å². The third-order valence-corrected chi connectivity index (χ3v) is 3.62. The van der Waals surface area contributed by atoms with Gasteiger partial charge in [-0.05, 0) is 22.3 Å². The van der Waals surface area contributed by atoms with Crippen molar-refractivity contribution >= 4 is 0 Å². The van der Waals surface area contributed by atoms with Crippen molar-refractivity contribution in [2.75, 3.05) is 0 Å². The highest BCUT2D eigenvalue weighted by Gasteiger charge is 2.46. The summed E-state index contributed by atoms with van der Waals surface area (Å²) in [6.07, 6.45) is -4.41. The monoisotopic (exact) mass is 263 g/mol. The van der Waals surface area contributed by atoms with Crippen molar-refractivity contribution < 1.29 is 13.2 Å². The summed E-state index contributed by atoms with van der Waals surface area (Å²) < 4.78 is 38.9. The highest BCUT2D eigenvalue weighted by Crippen LogP contribution is 2.48. The summed E-state index contributed by atoms with van der Waals surface area (Å²) in [6, 6.07) is 12.4. The number of alkyl halides is 3. The summed E-state index contributed by atoms with van der Waals surface area (Å²) in [4.78, 5) is 0. The second-order valence-corrected chi connectivity index (χ2v) is 4.72. The van der Waals surface area contributed by atoms with Crippen molar-refractivity contribution in [1.29, 1.82) is 0 Å². The number of halogens is 3. The third-order valence-electron chi connectivity index (χ3n) is 3.62. The standard InChI is InChI=1S/C15H12F3N/c16-15(17,18)14(19)13-11-7-3-1-5-9(11)10-6-2-4-8-12(10)13/h1-8,13-14H,19H2. The van der Waals surface area contributed by atoms with Crippen LogP contribution in [0.15, 0.2) is 48.5 Å². The highest BCUT2D eigenvalue weighted by molar-refractivity contribution is 5.79. The Morgan fingerprint density at radius 2 is 1.26 bits per heavy atom. The van der Waals surface area contributed by atoms with E-state index in [0.29, 0.717) is 11.1 Å². The Labute approximate surface area is 108 Å². The topological polar surface area (TPSA) is 26.0 Å². The molecule has 0 saturated heterocycles. The Balaban J connectivity index is 2.20. The van der Waals surface area contributed by atoms with Gasteiger partial charge in [-0.2, -0.15) is 13.2 Å². The average Bonchev–Trinajstić information content (AvgIpc) is 2.71. The number of fused-ring (bicyclic) bond motifs is 3. The zero-order valence-corrected chi connectivity index (χ0v) is 9.98. The van der Waals surface area contributed by atoms with Crippen LogP contribution >= 0.6 is 0 Å². The van der Waals surface area contributed by atoms with Crippen molar-refractivity contribution in [2.45, 2.75) is 18.1 Å². The fraction of sp³-hybridized carbons (Fsp3) is 0.200. The summed E-state index contributed by atoms with van der Waals surface area (Å²) in [6.45, 7) is 0. The minimum absolute atomic E-state index is 0.661. The molecule has 1 unspecified atom stereocenters. The summed E-state index contributed by atoms with van der Waals surface area (Å²) in [5, 5.41) is 0. The van der Waals surface area contributed by atoms with E-state index in [2.05, 4.69) is 0 Å². The third kappa shape index (κ3) is 1.83. The zero-order chi connectivity index (χ0) is 13.6. The van der Waals surface area contributed by atoms with Gasteiger partial charge in [0.15, 0.2) is 0 Å². The van der Waals surface area contributed by atoms with Gasteiger partial charge >= 0.3 is 6.18 Å². The molecule has 0 fully saturated rings. The van der Waals surface area contributed by atoms with Crippen LogP contribution in [0.5, 0.6) is 0 Å². The lowest BCUT2D eigenvalue weighted by molar-refractivity contribution is -0.150. The van der Waals surface area contributed by atoms with Crippen molar-refractivity contribution in [3.05, 3.63) is 59.7 Å². The maximum absolute atomic E-state index is 13.0. The highest BCUT2D eigenvalue weighted by atomic mass is 19.4. The van der Waals surface area contributed by atoms with E-state index in [1.165, 1.54) is 0 Å². The molecule has 0 heterocycles. The van der Waals surface area contributed by atoms with E-state index in [-0.39, 0.29) is 0 Å². The lowest BCUT2D eigenvalue weighted by Gasteiger charge is -2.24. The van der Waals surface area contributed by atoms with Gasteiger partial charge < -0.3 is 5.73 Å². The molecule has 2 aromatic carbocycles. The molecule has 3 rings (SSSR count). The van der Waals surface area contributed by atoms with Crippen molar-refractivity contribution in [3.8, 4) is 11.1 Å². The zero-order valence-electron chi connectivity index (χ0n) is 9.98. The molecule has 0 aromatic heterocycles. The predicted molar refractivity (Wildman–Crippen MR) is 67.8 cm³/mol. The smallest absolute Gasteiger partial charge is 0.319 e. The van der Waals surface area contributed by atoms with Crippen molar-refractivity contribution in [3.63, 3.8) is 0 Å². The summed E-state index contributed by atoms with van der Waals surface area (Å²) >= 11 is 0. The predicted octanol–water partition coefficient (Wildman–Crippen LogP) is 3.69. The maximum Gasteiger partial charge on any atom is 0.404 e.